The lowest BCUT2D eigenvalue weighted by atomic mass is 10.2. The molecule has 2 rings (SSSR count). The Kier molecular flexibility index (Phi) is 3.71. The lowest BCUT2D eigenvalue weighted by Gasteiger charge is -2.36. The quantitative estimate of drug-likeness (QED) is 0.854. The third kappa shape index (κ3) is 2.68. The summed E-state index contributed by atoms with van der Waals surface area (Å²) in [4.78, 5) is 6.49. The van der Waals surface area contributed by atoms with E-state index in [9.17, 15) is 0 Å². The zero-order valence-electron chi connectivity index (χ0n) is 9.76. The fraction of sp³-hybridized carbons (Fsp3) is 0.583. The van der Waals surface area contributed by atoms with Crippen LogP contribution in [0.4, 0.5) is 5.69 Å². The summed E-state index contributed by atoms with van der Waals surface area (Å²) in [5.74, 6) is 0. The van der Waals surface area contributed by atoms with Crippen LogP contribution in [0.15, 0.2) is 18.3 Å². The van der Waals surface area contributed by atoms with E-state index < -0.39 is 0 Å². The van der Waals surface area contributed by atoms with E-state index >= 15 is 0 Å². The number of thioether (sulfide) groups is 1. The van der Waals surface area contributed by atoms with Crippen LogP contribution in [-0.4, -0.2) is 33.7 Å². The van der Waals surface area contributed by atoms with Crippen molar-refractivity contribution in [2.24, 2.45) is 0 Å². The van der Waals surface area contributed by atoms with Crippen molar-refractivity contribution in [1.29, 1.82) is 0 Å². The molecule has 1 aliphatic heterocycles. The van der Waals surface area contributed by atoms with Crippen molar-refractivity contribution in [1.82, 2.24) is 4.98 Å². The minimum Gasteiger partial charge on any atom is -0.390 e. The second kappa shape index (κ2) is 5.06. The summed E-state index contributed by atoms with van der Waals surface area (Å²) in [5.41, 5.74) is 1.93. The average Bonchev–Trinajstić information content (AvgIpc) is 2.28. The van der Waals surface area contributed by atoms with E-state index in [1.165, 1.54) is 5.69 Å². The van der Waals surface area contributed by atoms with Gasteiger partial charge < -0.3 is 10.0 Å². The number of hydrogen-bond acceptors (Lipinski definition) is 4. The second-order valence-corrected chi connectivity index (χ2v) is 6.21. The first-order valence-corrected chi connectivity index (χ1v) is 6.59. The Morgan fingerprint density at radius 2 is 2.12 bits per heavy atom. The molecule has 0 bridgehead atoms. The van der Waals surface area contributed by atoms with E-state index in [0.717, 1.165) is 18.8 Å². The van der Waals surface area contributed by atoms with Gasteiger partial charge in [-0.25, -0.2) is 0 Å². The normalized spacial score (nSPS) is 25.8. The number of anilines is 1. The van der Waals surface area contributed by atoms with E-state index in [0.29, 0.717) is 10.5 Å². The molecule has 0 radical (unpaired) electrons. The number of aromatic nitrogens is 1. The van der Waals surface area contributed by atoms with E-state index in [-0.39, 0.29) is 6.61 Å². The van der Waals surface area contributed by atoms with Gasteiger partial charge in [-0.05, 0) is 12.1 Å². The first-order chi connectivity index (χ1) is 7.69. The Labute approximate surface area is 101 Å². The third-order valence-corrected chi connectivity index (χ3v) is 3.97. The standard InChI is InChI=1S/C12H18N2OS/c1-9-6-14(7-10(2)16-9)12-3-4-13-11(5-12)8-15/h3-5,9-10,15H,6-8H2,1-2H3. The van der Waals surface area contributed by atoms with Gasteiger partial charge in [0.1, 0.15) is 0 Å². The van der Waals surface area contributed by atoms with Crippen LogP contribution in [0, 0.1) is 0 Å². The van der Waals surface area contributed by atoms with Crippen molar-refractivity contribution < 1.29 is 5.11 Å². The van der Waals surface area contributed by atoms with Gasteiger partial charge in [0, 0.05) is 35.5 Å². The SMILES string of the molecule is CC1CN(c2ccnc(CO)c2)CC(C)S1. The van der Waals surface area contributed by atoms with Gasteiger partial charge in [0.15, 0.2) is 0 Å². The minimum atomic E-state index is 0.0154. The summed E-state index contributed by atoms with van der Waals surface area (Å²) in [6.07, 6.45) is 1.78. The molecule has 0 spiro atoms. The van der Waals surface area contributed by atoms with Crippen LogP contribution >= 0.6 is 11.8 Å². The molecule has 4 heteroatoms. The maximum absolute atomic E-state index is 9.08. The molecule has 2 heterocycles. The van der Waals surface area contributed by atoms with Crippen molar-refractivity contribution in [2.75, 3.05) is 18.0 Å². The highest BCUT2D eigenvalue weighted by molar-refractivity contribution is 8.00. The molecular formula is C12H18N2OS. The molecule has 2 atom stereocenters. The zero-order valence-corrected chi connectivity index (χ0v) is 10.6. The molecule has 1 fully saturated rings. The maximum atomic E-state index is 9.08. The number of aliphatic hydroxyl groups excluding tert-OH is 1. The van der Waals surface area contributed by atoms with E-state index in [1.54, 1.807) is 6.20 Å². The monoisotopic (exact) mass is 238 g/mol. The Bertz CT molecular complexity index is 349. The molecule has 1 aliphatic rings. The van der Waals surface area contributed by atoms with Gasteiger partial charge in [-0.3, -0.25) is 4.98 Å². The number of aliphatic hydroxyl groups is 1. The van der Waals surface area contributed by atoms with Crippen molar-refractivity contribution >= 4 is 17.4 Å². The van der Waals surface area contributed by atoms with E-state index in [1.807, 2.05) is 23.9 Å². The molecule has 0 saturated carbocycles. The molecule has 3 nitrogen and oxygen atoms in total. The first kappa shape index (κ1) is 11.7. The topological polar surface area (TPSA) is 36.4 Å². The van der Waals surface area contributed by atoms with Gasteiger partial charge in [-0.2, -0.15) is 11.8 Å². The fourth-order valence-corrected chi connectivity index (χ4v) is 3.46. The Morgan fingerprint density at radius 3 is 2.75 bits per heavy atom. The average molecular weight is 238 g/mol. The smallest absolute Gasteiger partial charge is 0.0853 e. The van der Waals surface area contributed by atoms with Crippen LogP contribution in [0.1, 0.15) is 19.5 Å². The summed E-state index contributed by atoms with van der Waals surface area (Å²) >= 11 is 2.04. The Balaban J connectivity index is 2.16. The summed E-state index contributed by atoms with van der Waals surface area (Å²) in [5, 5.41) is 10.4. The second-order valence-electron chi connectivity index (χ2n) is 4.33. The van der Waals surface area contributed by atoms with E-state index in [2.05, 4.69) is 23.7 Å². The zero-order chi connectivity index (χ0) is 11.5. The largest absolute Gasteiger partial charge is 0.390 e. The van der Waals surface area contributed by atoms with Gasteiger partial charge in [0.2, 0.25) is 0 Å². The molecule has 1 saturated heterocycles. The van der Waals surface area contributed by atoms with Crippen molar-refractivity contribution in [2.45, 2.75) is 31.0 Å². The molecule has 0 aliphatic carbocycles. The molecule has 1 aromatic rings. The number of hydrogen-bond donors (Lipinski definition) is 1. The number of rotatable bonds is 2. The van der Waals surface area contributed by atoms with Crippen LogP contribution in [0.5, 0.6) is 0 Å². The van der Waals surface area contributed by atoms with Crippen LogP contribution < -0.4 is 4.90 Å². The Morgan fingerprint density at radius 1 is 1.44 bits per heavy atom. The predicted octanol–water partition coefficient (Wildman–Crippen LogP) is 1.90. The van der Waals surface area contributed by atoms with Gasteiger partial charge in [0.05, 0.1) is 12.3 Å². The third-order valence-electron chi connectivity index (χ3n) is 2.75. The molecule has 1 aromatic heterocycles. The molecular weight excluding hydrogens is 220 g/mol. The van der Waals surface area contributed by atoms with Crippen molar-refractivity contribution in [3.63, 3.8) is 0 Å². The minimum absolute atomic E-state index is 0.0154. The molecule has 88 valence electrons. The highest BCUT2D eigenvalue weighted by Crippen LogP contribution is 2.28. The summed E-state index contributed by atoms with van der Waals surface area (Å²) in [6, 6.07) is 4.00. The van der Waals surface area contributed by atoms with Crippen LogP contribution in [-0.2, 0) is 6.61 Å². The van der Waals surface area contributed by atoms with E-state index in [4.69, 9.17) is 5.11 Å². The Hall–Kier alpha value is -0.740. The number of pyridine rings is 1. The van der Waals surface area contributed by atoms with Crippen molar-refractivity contribution in [3.8, 4) is 0 Å². The lowest BCUT2D eigenvalue weighted by molar-refractivity contribution is 0.277. The fourth-order valence-electron chi connectivity index (χ4n) is 2.14. The van der Waals surface area contributed by atoms with Crippen LogP contribution in [0.2, 0.25) is 0 Å². The van der Waals surface area contributed by atoms with Gasteiger partial charge >= 0.3 is 0 Å². The van der Waals surface area contributed by atoms with Gasteiger partial charge in [0.25, 0.3) is 0 Å². The van der Waals surface area contributed by atoms with Crippen LogP contribution in [0.3, 0.4) is 0 Å². The van der Waals surface area contributed by atoms with Crippen molar-refractivity contribution in [3.05, 3.63) is 24.0 Å². The lowest BCUT2D eigenvalue weighted by Crippen LogP contribution is -2.40. The van der Waals surface area contributed by atoms with Gasteiger partial charge in [-0.1, -0.05) is 13.8 Å². The molecule has 16 heavy (non-hydrogen) atoms. The number of nitrogens with zero attached hydrogens (tertiary/aromatic N) is 2. The highest BCUT2D eigenvalue weighted by Gasteiger charge is 2.22. The summed E-state index contributed by atoms with van der Waals surface area (Å²) < 4.78 is 0. The first-order valence-electron chi connectivity index (χ1n) is 5.65. The maximum Gasteiger partial charge on any atom is 0.0853 e. The van der Waals surface area contributed by atoms with Crippen LogP contribution in [0.25, 0.3) is 0 Å². The summed E-state index contributed by atoms with van der Waals surface area (Å²) in [7, 11) is 0. The predicted molar refractivity (Wildman–Crippen MR) is 68.9 cm³/mol. The molecule has 2 unspecified atom stereocenters. The highest BCUT2D eigenvalue weighted by atomic mass is 32.2. The summed E-state index contributed by atoms with van der Waals surface area (Å²) in [6.45, 7) is 6.69. The molecule has 0 amide bonds. The van der Waals surface area contributed by atoms with Gasteiger partial charge in [-0.15, -0.1) is 0 Å². The molecule has 1 N–H and O–H groups in total. The molecule has 0 aromatic carbocycles.